The molecule has 1 aliphatic heterocycles. The van der Waals surface area contributed by atoms with Crippen molar-refractivity contribution in [2.24, 2.45) is 0 Å². The maximum atomic E-state index is 14.0. The lowest BCUT2D eigenvalue weighted by Crippen LogP contribution is -2.40. The highest BCUT2D eigenvalue weighted by Crippen LogP contribution is 2.20. The van der Waals surface area contributed by atoms with Crippen LogP contribution in [-0.2, 0) is 24.3 Å². The summed E-state index contributed by atoms with van der Waals surface area (Å²) in [6.07, 6.45) is 0.791. The second-order valence-corrected chi connectivity index (χ2v) is 6.53. The number of nitrogens with zero attached hydrogens (tertiary/aromatic N) is 3. The molecule has 5 nitrogen and oxygen atoms in total. The zero-order valence-electron chi connectivity index (χ0n) is 14.6. The third-order valence-electron chi connectivity index (χ3n) is 4.78. The molecule has 1 aliphatic rings. The van der Waals surface area contributed by atoms with Gasteiger partial charge in [-0.05, 0) is 35.7 Å². The smallest absolute Gasteiger partial charge is 0.267 e. The Bertz CT molecular complexity index is 1060. The van der Waals surface area contributed by atoms with Crippen LogP contribution in [0.4, 0.5) is 4.39 Å². The summed E-state index contributed by atoms with van der Waals surface area (Å²) in [7, 11) is 0. The molecule has 27 heavy (non-hydrogen) atoms. The molecular formula is C21H18FN3O2. The van der Waals surface area contributed by atoms with Crippen molar-refractivity contribution in [3.63, 3.8) is 0 Å². The lowest BCUT2D eigenvalue weighted by atomic mass is 10.00. The van der Waals surface area contributed by atoms with Crippen molar-refractivity contribution < 1.29 is 9.18 Å². The third-order valence-corrected chi connectivity index (χ3v) is 4.78. The number of benzene rings is 2. The Morgan fingerprint density at radius 1 is 1.00 bits per heavy atom. The molecular weight excluding hydrogens is 345 g/mol. The van der Waals surface area contributed by atoms with Crippen molar-refractivity contribution >= 4 is 5.91 Å². The Kier molecular flexibility index (Phi) is 4.54. The van der Waals surface area contributed by atoms with E-state index in [9.17, 15) is 14.0 Å². The second-order valence-electron chi connectivity index (χ2n) is 6.53. The minimum Gasteiger partial charge on any atom is -0.336 e. The van der Waals surface area contributed by atoms with E-state index in [0.29, 0.717) is 24.3 Å². The summed E-state index contributed by atoms with van der Waals surface area (Å²) in [5.41, 5.74) is 2.60. The first-order chi connectivity index (χ1) is 13.1. The Morgan fingerprint density at radius 3 is 2.56 bits per heavy atom. The normalized spacial score (nSPS) is 13.3. The van der Waals surface area contributed by atoms with Gasteiger partial charge in [0.15, 0.2) is 0 Å². The molecule has 2 aromatic carbocycles. The number of fused-ring (bicyclic) bond motifs is 1. The molecule has 0 unspecified atom stereocenters. The van der Waals surface area contributed by atoms with E-state index in [1.165, 1.54) is 23.8 Å². The lowest BCUT2D eigenvalue weighted by molar-refractivity contribution is -0.133. The number of aromatic nitrogens is 2. The SMILES string of the molecule is O=C(Cn1nc(-c2ccccc2F)ccc1=O)N1CCc2ccccc2C1. The third kappa shape index (κ3) is 3.51. The fraction of sp³-hybridized carbons (Fsp3) is 0.190. The molecule has 0 atom stereocenters. The van der Waals surface area contributed by atoms with Crippen LogP contribution in [0.2, 0.25) is 0 Å². The van der Waals surface area contributed by atoms with Crippen LogP contribution in [0.3, 0.4) is 0 Å². The van der Waals surface area contributed by atoms with Crippen molar-refractivity contribution in [3.8, 4) is 11.3 Å². The molecule has 0 aliphatic carbocycles. The average molecular weight is 363 g/mol. The van der Waals surface area contributed by atoms with Crippen LogP contribution in [0.5, 0.6) is 0 Å². The molecule has 0 fully saturated rings. The summed E-state index contributed by atoms with van der Waals surface area (Å²) in [6, 6.07) is 17.0. The van der Waals surface area contributed by atoms with Gasteiger partial charge in [-0.25, -0.2) is 9.07 Å². The van der Waals surface area contributed by atoms with E-state index in [4.69, 9.17) is 0 Å². The summed E-state index contributed by atoms with van der Waals surface area (Å²) in [4.78, 5) is 26.6. The van der Waals surface area contributed by atoms with Crippen LogP contribution in [0.25, 0.3) is 11.3 Å². The maximum Gasteiger partial charge on any atom is 0.267 e. The minimum absolute atomic E-state index is 0.163. The summed E-state index contributed by atoms with van der Waals surface area (Å²) in [5, 5.41) is 4.20. The van der Waals surface area contributed by atoms with Gasteiger partial charge in [-0.2, -0.15) is 5.10 Å². The fourth-order valence-corrected chi connectivity index (χ4v) is 3.31. The first kappa shape index (κ1) is 17.1. The molecule has 3 aromatic rings. The molecule has 1 amide bonds. The number of carbonyl (C=O) groups excluding carboxylic acids is 1. The van der Waals surface area contributed by atoms with Gasteiger partial charge in [0.05, 0.1) is 5.69 Å². The van der Waals surface area contributed by atoms with Gasteiger partial charge in [0, 0.05) is 24.7 Å². The van der Waals surface area contributed by atoms with E-state index < -0.39 is 5.82 Å². The van der Waals surface area contributed by atoms with Crippen LogP contribution >= 0.6 is 0 Å². The van der Waals surface area contributed by atoms with E-state index in [0.717, 1.165) is 16.7 Å². The molecule has 4 rings (SSSR count). The van der Waals surface area contributed by atoms with Gasteiger partial charge >= 0.3 is 0 Å². The Balaban J connectivity index is 1.56. The molecule has 0 saturated carbocycles. The Morgan fingerprint density at radius 2 is 1.74 bits per heavy atom. The van der Waals surface area contributed by atoms with E-state index in [2.05, 4.69) is 11.2 Å². The van der Waals surface area contributed by atoms with Crippen LogP contribution in [0, 0.1) is 5.82 Å². The van der Waals surface area contributed by atoms with Crippen molar-refractivity contribution in [3.05, 3.63) is 88.0 Å². The summed E-state index contributed by atoms with van der Waals surface area (Å²) in [6.45, 7) is 0.970. The van der Waals surface area contributed by atoms with Crippen molar-refractivity contribution in [1.29, 1.82) is 0 Å². The average Bonchev–Trinajstić information content (AvgIpc) is 2.70. The molecule has 2 heterocycles. The van der Waals surface area contributed by atoms with E-state index in [1.54, 1.807) is 23.1 Å². The lowest BCUT2D eigenvalue weighted by Gasteiger charge is -2.29. The van der Waals surface area contributed by atoms with Crippen LogP contribution in [0.15, 0.2) is 65.5 Å². The zero-order valence-corrected chi connectivity index (χ0v) is 14.6. The maximum absolute atomic E-state index is 14.0. The van der Waals surface area contributed by atoms with Crippen LogP contribution < -0.4 is 5.56 Å². The predicted octanol–water partition coefficient (Wildman–Crippen LogP) is 2.63. The highest BCUT2D eigenvalue weighted by Gasteiger charge is 2.21. The van der Waals surface area contributed by atoms with Gasteiger partial charge in [-0.1, -0.05) is 36.4 Å². The van der Waals surface area contributed by atoms with Gasteiger partial charge < -0.3 is 4.90 Å². The first-order valence-corrected chi connectivity index (χ1v) is 8.79. The summed E-state index contributed by atoms with van der Waals surface area (Å²) in [5.74, 6) is -0.598. The summed E-state index contributed by atoms with van der Waals surface area (Å²) < 4.78 is 15.1. The van der Waals surface area contributed by atoms with Gasteiger partial charge in [-0.15, -0.1) is 0 Å². The van der Waals surface area contributed by atoms with Gasteiger partial charge in [0.1, 0.15) is 12.4 Å². The fourth-order valence-electron chi connectivity index (χ4n) is 3.31. The van der Waals surface area contributed by atoms with Crippen molar-refractivity contribution in [2.75, 3.05) is 6.54 Å². The zero-order chi connectivity index (χ0) is 18.8. The topological polar surface area (TPSA) is 55.2 Å². The molecule has 1 aromatic heterocycles. The highest BCUT2D eigenvalue weighted by atomic mass is 19.1. The number of amides is 1. The van der Waals surface area contributed by atoms with E-state index in [1.807, 2.05) is 18.2 Å². The standard InChI is InChI=1S/C21H18FN3O2/c22-18-8-4-3-7-17(18)19-9-10-20(26)25(23-19)14-21(27)24-12-11-15-5-1-2-6-16(15)13-24/h1-10H,11-14H2. The number of rotatable bonds is 3. The number of hydrogen-bond acceptors (Lipinski definition) is 3. The van der Waals surface area contributed by atoms with Crippen LogP contribution in [-0.4, -0.2) is 27.1 Å². The molecule has 0 radical (unpaired) electrons. The number of hydrogen-bond donors (Lipinski definition) is 0. The monoisotopic (exact) mass is 363 g/mol. The van der Waals surface area contributed by atoms with Crippen molar-refractivity contribution in [2.45, 2.75) is 19.5 Å². The predicted molar refractivity (Wildman–Crippen MR) is 99.5 cm³/mol. The minimum atomic E-state index is -0.422. The van der Waals surface area contributed by atoms with Crippen molar-refractivity contribution in [1.82, 2.24) is 14.7 Å². The molecule has 0 saturated heterocycles. The molecule has 136 valence electrons. The second kappa shape index (κ2) is 7.15. The number of halogens is 1. The quantitative estimate of drug-likeness (QED) is 0.719. The van der Waals surface area contributed by atoms with E-state index in [-0.39, 0.29) is 18.0 Å². The largest absolute Gasteiger partial charge is 0.336 e. The highest BCUT2D eigenvalue weighted by molar-refractivity contribution is 5.76. The van der Waals surface area contributed by atoms with E-state index >= 15 is 0 Å². The van der Waals surface area contributed by atoms with Gasteiger partial charge in [0.25, 0.3) is 5.56 Å². The van der Waals surface area contributed by atoms with Gasteiger partial charge in [0.2, 0.25) is 5.91 Å². The molecule has 0 N–H and O–H groups in total. The molecule has 0 bridgehead atoms. The summed E-state index contributed by atoms with van der Waals surface area (Å²) >= 11 is 0. The van der Waals surface area contributed by atoms with Crippen LogP contribution in [0.1, 0.15) is 11.1 Å². The van der Waals surface area contributed by atoms with Gasteiger partial charge in [-0.3, -0.25) is 9.59 Å². The molecule has 6 heteroatoms. The molecule has 0 spiro atoms. The number of carbonyl (C=O) groups is 1. The Labute approximate surface area is 155 Å². The first-order valence-electron chi connectivity index (χ1n) is 8.79. The Hall–Kier alpha value is -3.28.